The lowest BCUT2D eigenvalue weighted by Crippen LogP contribution is -2.45. The van der Waals surface area contributed by atoms with E-state index in [1.165, 1.54) is 18.4 Å². The van der Waals surface area contributed by atoms with Crippen molar-refractivity contribution < 1.29 is 4.79 Å². The number of carbonyl (C=O) groups excluding carboxylic acids is 1. The average Bonchev–Trinajstić information content (AvgIpc) is 3.59. The second-order valence-corrected chi connectivity index (χ2v) is 8.00. The molecule has 148 valence electrons. The van der Waals surface area contributed by atoms with E-state index in [9.17, 15) is 4.79 Å². The summed E-state index contributed by atoms with van der Waals surface area (Å²) in [6.07, 6.45) is 8.32. The molecule has 1 N–H and O–H groups in total. The first-order valence-corrected chi connectivity index (χ1v) is 10.5. The fraction of sp³-hybridized carbons (Fsp3) is 0.478. The highest BCUT2D eigenvalue weighted by Gasteiger charge is 2.32. The van der Waals surface area contributed by atoms with Crippen LogP contribution < -0.4 is 5.32 Å². The molecule has 1 saturated carbocycles. The molecule has 0 bridgehead atoms. The lowest BCUT2D eigenvalue weighted by Gasteiger charge is -2.33. The molecule has 1 atom stereocenters. The molecule has 1 aromatic carbocycles. The summed E-state index contributed by atoms with van der Waals surface area (Å²) in [6, 6.07) is 15.2. The molecule has 28 heavy (non-hydrogen) atoms. The Balaban J connectivity index is 1.25. The molecule has 5 nitrogen and oxygen atoms in total. The van der Waals surface area contributed by atoms with Gasteiger partial charge >= 0.3 is 6.03 Å². The Morgan fingerprint density at radius 2 is 2.00 bits per heavy atom. The van der Waals surface area contributed by atoms with Crippen molar-refractivity contribution in [3.63, 3.8) is 0 Å². The van der Waals surface area contributed by atoms with E-state index in [0.717, 1.165) is 38.0 Å². The zero-order valence-electron chi connectivity index (χ0n) is 16.5. The summed E-state index contributed by atoms with van der Waals surface area (Å²) in [5.74, 6) is 0.610. The van der Waals surface area contributed by atoms with Gasteiger partial charge < -0.3 is 15.1 Å². The maximum absolute atomic E-state index is 12.7. The van der Waals surface area contributed by atoms with Crippen molar-refractivity contribution in [3.8, 4) is 0 Å². The third-order valence-corrected chi connectivity index (χ3v) is 5.80. The van der Waals surface area contributed by atoms with E-state index in [1.54, 1.807) is 6.20 Å². The minimum atomic E-state index is 0.0583. The van der Waals surface area contributed by atoms with Crippen molar-refractivity contribution >= 4 is 6.03 Å². The molecule has 1 aromatic heterocycles. The van der Waals surface area contributed by atoms with Gasteiger partial charge in [0, 0.05) is 44.6 Å². The summed E-state index contributed by atoms with van der Waals surface area (Å²) in [4.78, 5) is 21.4. The summed E-state index contributed by atoms with van der Waals surface area (Å²) in [6.45, 7) is 4.48. The Kier molecular flexibility index (Phi) is 6.22. The first-order valence-electron chi connectivity index (χ1n) is 10.5. The van der Waals surface area contributed by atoms with E-state index in [1.807, 2.05) is 23.2 Å². The van der Waals surface area contributed by atoms with Crippen molar-refractivity contribution in [2.45, 2.75) is 44.2 Å². The van der Waals surface area contributed by atoms with Gasteiger partial charge in [-0.05, 0) is 55.3 Å². The smallest absolute Gasteiger partial charge is 0.317 e. The zero-order chi connectivity index (χ0) is 19.2. The van der Waals surface area contributed by atoms with Crippen LogP contribution in [0.15, 0.2) is 54.9 Å². The van der Waals surface area contributed by atoms with E-state index in [2.05, 4.69) is 45.5 Å². The molecule has 5 heteroatoms. The second-order valence-electron chi connectivity index (χ2n) is 8.00. The molecule has 2 heterocycles. The number of pyridine rings is 1. The molecule has 0 radical (unpaired) electrons. The average molecular weight is 379 g/mol. The Morgan fingerprint density at radius 1 is 1.14 bits per heavy atom. The van der Waals surface area contributed by atoms with Crippen molar-refractivity contribution in [1.82, 2.24) is 20.1 Å². The lowest BCUT2D eigenvalue weighted by atomic mass is 9.91. The van der Waals surface area contributed by atoms with E-state index in [4.69, 9.17) is 0 Å². The van der Waals surface area contributed by atoms with Crippen LogP contribution in [0, 0.1) is 0 Å². The third kappa shape index (κ3) is 5.10. The van der Waals surface area contributed by atoms with Crippen LogP contribution in [0.5, 0.6) is 0 Å². The van der Waals surface area contributed by atoms with Crippen LogP contribution in [0.3, 0.4) is 0 Å². The van der Waals surface area contributed by atoms with Gasteiger partial charge in [-0.1, -0.05) is 36.4 Å². The van der Waals surface area contributed by atoms with Gasteiger partial charge in [0.05, 0.1) is 0 Å². The summed E-state index contributed by atoms with van der Waals surface area (Å²) in [5, 5.41) is 3.15. The number of carbonyl (C=O) groups is 1. The minimum absolute atomic E-state index is 0.0583. The van der Waals surface area contributed by atoms with Crippen LogP contribution in [0.2, 0.25) is 0 Å². The van der Waals surface area contributed by atoms with Crippen LogP contribution in [-0.2, 0) is 6.54 Å². The van der Waals surface area contributed by atoms with E-state index in [0.29, 0.717) is 25.0 Å². The summed E-state index contributed by atoms with van der Waals surface area (Å²) >= 11 is 0. The summed E-state index contributed by atoms with van der Waals surface area (Å²) in [7, 11) is 0. The van der Waals surface area contributed by atoms with E-state index >= 15 is 0 Å². The van der Waals surface area contributed by atoms with Crippen LogP contribution in [0.4, 0.5) is 4.79 Å². The molecule has 4 rings (SSSR count). The SMILES string of the molecule is O=C(NCCN1CCC[C@H](c2ccccc2)C1)N(Cc1cccnc1)C1CC1. The Labute approximate surface area is 167 Å². The van der Waals surface area contributed by atoms with Gasteiger partial charge in [0.1, 0.15) is 0 Å². The molecule has 1 aliphatic heterocycles. The predicted molar refractivity (Wildman–Crippen MR) is 111 cm³/mol. The predicted octanol–water partition coefficient (Wildman–Crippen LogP) is 3.64. The first kappa shape index (κ1) is 18.9. The molecule has 2 aromatic rings. The normalized spacial score (nSPS) is 19.9. The van der Waals surface area contributed by atoms with Gasteiger partial charge in [0.15, 0.2) is 0 Å². The first-order chi connectivity index (χ1) is 13.8. The van der Waals surface area contributed by atoms with Gasteiger partial charge in [0.2, 0.25) is 0 Å². The number of nitrogens with zero attached hydrogens (tertiary/aromatic N) is 3. The monoisotopic (exact) mass is 378 g/mol. The number of amides is 2. The van der Waals surface area contributed by atoms with Crippen molar-refractivity contribution in [2.75, 3.05) is 26.2 Å². The summed E-state index contributed by atoms with van der Waals surface area (Å²) < 4.78 is 0. The Hall–Kier alpha value is -2.40. The van der Waals surface area contributed by atoms with Crippen molar-refractivity contribution in [1.29, 1.82) is 0 Å². The molecular formula is C23H30N4O. The fourth-order valence-electron chi connectivity index (χ4n) is 4.12. The molecular weight excluding hydrogens is 348 g/mol. The lowest BCUT2D eigenvalue weighted by molar-refractivity contribution is 0.183. The molecule has 0 spiro atoms. The number of rotatable bonds is 7. The molecule has 2 aliphatic rings. The Bertz CT molecular complexity index is 748. The number of urea groups is 1. The van der Waals surface area contributed by atoms with Gasteiger partial charge in [-0.3, -0.25) is 4.98 Å². The zero-order valence-corrected chi connectivity index (χ0v) is 16.5. The Morgan fingerprint density at radius 3 is 2.75 bits per heavy atom. The van der Waals surface area contributed by atoms with Crippen LogP contribution in [0.25, 0.3) is 0 Å². The highest BCUT2D eigenvalue weighted by Crippen LogP contribution is 2.28. The number of aromatic nitrogens is 1. The van der Waals surface area contributed by atoms with Gasteiger partial charge in [0.25, 0.3) is 0 Å². The number of nitrogens with one attached hydrogen (secondary N) is 1. The van der Waals surface area contributed by atoms with E-state index in [-0.39, 0.29) is 6.03 Å². The number of piperidine rings is 1. The fourth-order valence-corrected chi connectivity index (χ4v) is 4.12. The quantitative estimate of drug-likeness (QED) is 0.800. The van der Waals surface area contributed by atoms with Crippen LogP contribution in [0.1, 0.15) is 42.7 Å². The van der Waals surface area contributed by atoms with Crippen LogP contribution >= 0.6 is 0 Å². The largest absolute Gasteiger partial charge is 0.337 e. The number of likely N-dealkylation sites (tertiary alicyclic amines) is 1. The van der Waals surface area contributed by atoms with Crippen molar-refractivity contribution in [2.24, 2.45) is 0 Å². The maximum atomic E-state index is 12.7. The maximum Gasteiger partial charge on any atom is 0.317 e. The van der Waals surface area contributed by atoms with Gasteiger partial charge in [-0.15, -0.1) is 0 Å². The van der Waals surface area contributed by atoms with Gasteiger partial charge in [-0.2, -0.15) is 0 Å². The molecule has 1 saturated heterocycles. The van der Waals surface area contributed by atoms with Crippen LogP contribution in [-0.4, -0.2) is 53.0 Å². The van der Waals surface area contributed by atoms with E-state index < -0.39 is 0 Å². The van der Waals surface area contributed by atoms with Gasteiger partial charge in [-0.25, -0.2) is 4.79 Å². The molecule has 0 unspecified atom stereocenters. The molecule has 2 fully saturated rings. The number of hydrogen-bond donors (Lipinski definition) is 1. The second kappa shape index (κ2) is 9.20. The number of benzene rings is 1. The molecule has 1 aliphatic carbocycles. The third-order valence-electron chi connectivity index (χ3n) is 5.80. The summed E-state index contributed by atoms with van der Waals surface area (Å²) in [5.41, 5.74) is 2.53. The highest BCUT2D eigenvalue weighted by molar-refractivity contribution is 5.74. The molecule has 2 amide bonds. The van der Waals surface area contributed by atoms with Crippen molar-refractivity contribution in [3.05, 3.63) is 66.0 Å². The number of hydrogen-bond acceptors (Lipinski definition) is 3. The standard InChI is InChI=1S/C23H30N4O/c28-23(27(22-10-11-22)17-19-6-4-12-24-16-19)25-13-15-26-14-5-9-21(18-26)20-7-2-1-3-8-20/h1-4,6-8,12,16,21-22H,5,9-11,13-15,17-18H2,(H,25,28)/t21-/m0/s1. The highest BCUT2D eigenvalue weighted by atomic mass is 16.2. The topological polar surface area (TPSA) is 48.5 Å². The minimum Gasteiger partial charge on any atom is -0.337 e.